The summed E-state index contributed by atoms with van der Waals surface area (Å²) >= 11 is 0. The summed E-state index contributed by atoms with van der Waals surface area (Å²) in [6.07, 6.45) is 6.83. The quantitative estimate of drug-likeness (QED) is 0.161. The fourth-order valence-electron chi connectivity index (χ4n) is 12.7. The Bertz CT molecular complexity index is 3130. The Balaban J connectivity index is 1.02. The van der Waals surface area contributed by atoms with Crippen molar-refractivity contribution in [2.24, 2.45) is 23.7 Å². The second-order valence-electron chi connectivity index (χ2n) is 18.8. The molecule has 1 heterocycles. The van der Waals surface area contributed by atoms with Gasteiger partial charge in [0, 0.05) is 22.1 Å². The van der Waals surface area contributed by atoms with Crippen LogP contribution in [0.5, 0.6) is 0 Å². The van der Waals surface area contributed by atoms with Gasteiger partial charge in [0.05, 0.1) is 0 Å². The van der Waals surface area contributed by atoms with Crippen LogP contribution in [0.25, 0.3) is 89.8 Å². The molecule has 0 N–H and O–H groups in total. The van der Waals surface area contributed by atoms with Crippen molar-refractivity contribution in [2.75, 3.05) is 0 Å². The molecule has 4 fully saturated rings. The summed E-state index contributed by atoms with van der Waals surface area (Å²) in [5.74, 6) is 5.08. The van der Waals surface area contributed by atoms with Crippen LogP contribution in [0.2, 0.25) is 0 Å². The van der Waals surface area contributed by atoms with Crippen LogP contribution in [0.1, 0.15) is 43.2 Å². The molecule has 0 aliphatic heterocycles. The number of fused-ring (bicyclic) bond motifs is 3. The fourth-order valence-corrected chi connectivity index (χ4v) is 12.7. The van der Waals surface area contributed by atoms with E-state index in [1.165, 1.54) is 76.6 Å². The Morgan fingerprint density at radius 2 is 0.688 bits per heavy atom. The highest BCUT2D eigenvalue weighted by atomic mass is 15.0. The number of hydrogen-bond acceptors (Lipinski definition) is 3. The van der Waals surface area contributed by atoms with Gasteiger partial charge in [0.2, 0.25) is 0 Å². The minimum absolute atomic E-state index is 0.0388. The highest BCUT2D eigenvalue weighted by Crippen LogP contribution is 2.69. The summed E-state index contributed by atoms with van der Waals surface area (Å²) in [5.41, 5.74) is 18.6. The predicted molar refractivity (Wildman–Crippen MR) is 261 cm³/mol. The topological polar surface area (TPSA) is 38.7 Å². The molecule has 4 saturated carbocycles. The average molecular weight is 822 g/mol. The number of aromatic nitrogens is 3. The SMILES string of the molecule is c1ccc(-c2cccc(-c3cc(-c4ccc5c(c4)C4(c6ccc(-c7ccccc7)cc6-5)C5CC6CC(C5)CC4C6)cc(-c4nc(-c5ccccc5)nc(-c5ccccc5)n4)c3)c2)cc1. The van der Waals surface area contributed by atoms with E-state index in [0.717, 1.165) is 39.7 Å². The maximum Gasteiger partial charge on any atom is 0.164 e. The van der Waals surface area contributed by atoms with Crippen molar-refractivity contribution in [1.82, 2.24) is 15.0 Å². The Kier molecular flexibility index (Phi) is 8.72. The first-order valence-corrected chi connectivity index (χ1v) is 23.2. The fraction of sp³-hybridized carbons (Fsp3) is 0.164. The highest BCUT2D eigenvalue weighted by molar-refractivity contribution is 5.89. The molecule has 0 saturated heterocycles. The molecule has 5 aliphatic rings. The minimum Gasteiger partial charge on any atom is -0.208 e. The van der Waals surface area contributed by atoms with Crippen molar-refractivity contribution in [3.63, 3.8) is 0 Å². The third-order valence-corrected chi connectivity index (χ3v) is 15.3. The molecule has 9 aromatic rings. The summed E-state index contributed by atoms with van der Waals surface area (Å²) in [5, 5.41) is 0. The van der Waals surface area contributed by atoms with E-state index in [2.05, 4.69) is 164 Å². The third-order valence-electron chi connectivity index (χ3n) is 15.3. The minimum atomic E-state index is 0.0388. The average Bonchev–Trinajstić information content (AvgIpc) is 3.65. The lowest BCUT2D eigenvalue weighted by Gasteiger charge is -2.61. The molecule has 1 aromatic heterocycles. The normalized spacial score (nSPS) is 21.2. The molecule has 0 radical (unpaired) electrons. The highest BCUT2D eigenvalue weighted by Gasteiger charge is 2.61. The third kappa shape index (κ3) is 6.13. The van der Waals surface area contributed by atoms with Gasteiger partial charge in [-0.25, -0.2) is 15.0 Å². The van der Waals surface area contributed by atoms with Crippen LogP contribution < -0.4 is 0 Å². The zero-order valence-electron chi connectivity index (χ0n) is 35.7. The maximum atomic E-state index is 5.25. The van der Waals surface area contributed by atoms with Crippen molar-refractivity contribution in [2.45, 2.75) is 37.5 Å². The molecule has 64 heavy (non-hydrogen) atoms. The van der Waals surface area contributed by atoms with Gasteiger partial charge in [-0.3, -0.25) is 0 Å². The van der Waals surface area contributed by atoms with Gasteiger partial charge < -0.3 is 0 Å². The van der Waals surface area contributed by atoms with Gasteiger partial charge in [0.25, 0.3) is 0 Å². The number of nitrogens with zero attached hydrogens (tertiary/aromatic N) is 3. The number of rotatable bonds is 7. The van der Waals surface area contributed by atoms with Crippen molar-refractivity contribution in [3.8, 4) is 89.8 Å². The van der Waals surface area contributed by atoms with E-state index in [-0.39, 0.29) is 5.41 Å². The first-order valence-electron chi connectivity index (χ1n) is 23.2. The standard InChI is InChI=1S/C61H47N3/c1-5-14-41(15-6-1)45-22-13-23-46(33-45)49-34-50(36-51(35-49)60-63-58(43-18-9-3-10-19-43)62-59(64-60)44-20-11-4-12-21-44)48-24-26-54-55-37-47(42-16-7-2-8-17-42)25-27-56(55)61(57(54)38-48)52-29-39-28-40(31-52)32-53(61)30-39/h1-27,33-40,52-53H,28-32H2. The summed E-state index contributed by atoms with van der Waals surface area (Å²) < 4.78 is 0. The van der Waals surface area contributed by atoms with E-state index >= 15 is 0 Å². The lowest BCUT2D eigenvalue weighted by molar-refractivity contribution is -0.0399. The molecule has 0 atom stereocenters. The van der Waals surface area contributed by atoms with E-state index in [4.69, 9.17) is 15.0 Å². The Labute approximate surface area is 375 Å². The van der Waals surface area contributed by atoms with Gasteiger partial charge in [-0.1, -0.05) is 164 Å². The van der Waals surface area contributed by atoms with E-state index in [0.29, 0.717) is 29.3 Å². The van der Waals surface area contributed by atoms with Gasteiger partial charge in [0.15, 0.2) is 17.5 Å². The number of benzene rings is 8. The van der Waals surface area contributed by atoms with Gasteiger partial charge in [-0.05, 0) is 159 Å². The lowest BCUT2D eigenvalue weighted by atomic mass is 9.43. The second-order valence-corrected chi connectivity index (χ2v) is 18.8. The largest absolute Gasteiger partial charge is 0.208 e. The summed E-state index contributed by atoms with van der Waals surface area (Å²) in [7, 11) is 0. The van der Waals surface area contributed by atoms with E-state index in [9.17, 15) is 0 Å². The zero-order valence-corrected chi connectivity index (χ0v) is 35.7. The van der Waals surface area contributed by atoms with Crippen LogP contribution in [0.15, 0.2) is 200 Å². The molecule has 3 heteroatoms. The Hall–Kier alpha value is -7.23. The van der Waals surface area contributed by atoms with Gasteiger partial charge in [-0.15, -0.1) is 0 Å². The van der Waals surface area contributed by atoms with Crippen LogP contribution in [-0.4, -0.2) is 15.0 Å². The van der Waals surface area contributed by atoms with Crippen molar-refractivity contribution >= 4 is 0 Å². The van der Waals surface area contributed by atoms with Crippen LogP contribution in [0.3, 0.4) is 0 Å². The first-order chi connectivity index (χ1) is 31.6. The molecule has 1 spiro atoms. The van der Waals surface area contributed by atoms with E-state index < -0.39 is 0 Å². The molecule has 3 nitrogen and oxygen atoms in total. The van der Waals surface area contributed by atoms with Crippen molar-refractivity contribution in [3.05, 3.63) is 211 Å². The first kappa shape index (κ1) is 37.3. The molecular formula is C61H47N3. The lowest BCUT2D eigenvalue weighted by Crippen LogP contribution is -2.55. The van der Waals surface area contributed by atoms with Crippen LogP contribution in [0.4, 0.5) is 0 Å². The second kappa shape index (κ2) is 15.0. The van der Waals surface area contributed by atoms with Crippen LogP contribution in [-0.2, 0) is 5.41 Å². The number of hydrogen-bond donors (Lipinski definition) is 0. The maximum absolute atomic E-state index is 5.25. The molecule has 14 rings (SSSR count). The van der Waals surface area contributed by atoms with Gasteiger partial charge >= 0.3 is 0 Å². The molecule has 0 amide bonds. The summed E-state index contributed by atoms with van der Waals surface area (Å²) in [6, 6.07) is 73.0. The van der Waals surface area contributed by atoms with Crippen LogP contribution in [0, 0.1) is 23.7 Å². The van der Waals surface area contributed by atoms with Crippen molar-refractivity contribution < 1.29 is 0 Å². The Morgan fingerprint density at radius 3 is 1.23 bits per heavy atom. The van der Waals surface area contributed by atoms with Crippen molar-refractivity contribution in [1.29, 1.82) is 0 Å². The van der Waals surface area contributed by atoms with Gasteiger partial charge in [0.1, 0.15) is 0 Å². The molecule has 8 aromatic carbocycles. The molecule has 0 unspecified atom stereocenters. The van der Waals surface area contributed by atoms with E-state index in [1.807, 2.05) is 36.4 Å². The zero-order chi connectivity index (χ0) is 42.2. The molecule has 306 valence electrons. The predicted octanol–water partition coefficient (Wildman–Crippen LogP) is 15.3. The molecule has 4 bridgehead atoms. The van der Waals surface area contributed by atoms with Gasteiger partial charge in [-0.2, -0.15) is 0 Å². The monoisotopic (exact) mass is 821 g/mol. The summed E-state index contributed by atoms with van der Waals surface area (Å²) in [4.78, 5) is 15.5. The molecule has 5 aliphatic carbocycles. The summed E-state index contributed by atoms with van der Waals surface area (Å²) in [6.45, 7) is 0. The smallest absolute Gasteiger partial charge is 0.164 e. The Morgan fingerprint density at radius 1 is 0.281 bits per heavy atom. The molecular weight excluding hydrogens is 775 g/mol. The van der Waals surface area contributed by atoms with Crippen LogP contribution >= 0.6 is 0 Å². The van der Waals surface area contributed by atoms with E-state index in [1.54, 1.807) is 11.1 Å².